The van der Waals surface area contributed by atoms with Crippen molar-refractivity contribution in [2.45, 2.75) is 68.2 Å². The van der Waals surface area contributed by atoms with E-state index in [0.29, 0.717) is 0 Å². The maximum absolute atomic E-state index is 5.17. The maximum Gasteiger partial charge on any atom is 0.240 e. The van der Waals surface area contributed by atoms with Crippen molar-refractivity contribution in [1.82, 2.24) is 51.7 Å². The third kappa shape index (κ3) is 19.5. The number of nitrogens with two attached hydrogens (primary N) is 1. The van der Waals surface area contributed by atoms with Gasteiger partial charge >= 0.3 is 0 Å². The van der Waals surface area contributed by atoms with Gasteiger partial charge in [-0.3, -0.25) is 0 Å². The predicted molar refractivity (Wildman–Crippen MR) is 140 cm³/mol. The first-order chi connectivity index (χ1) is 12.4. The summed E-state index contributed by atoms with van der Waals surface area (Å²) in [6.45, 7) is 5.60. The van der Waals surface area contributed by atoms with E-state index in [0.717, 1.165) is 27.4 Å². The van der Waals surface area contributed by atoms with Gasteiger partial charge < -0.3 is 11.9 Å². The minimum Gasteiger partial charge on any atom is -0.366 e. The van der Waals surface area contributed by atoms with E-state index in [1.54, 1.807) is 18.6 Å². The van der Waals surface area contributed by atoms with Crippen molar-refractivity contribution in [2.75, 3.05) is 18.2 Å². The second-order valence-corrected chi connectivity index (χ2v) is 6.17. The number of hydrogen-bond donors (Lipinski definition) is 2. The molecule has 3 aromatic heterocycles. The Hall–Kier alpha value is -2.51. The Morgan fingerprint density at radius 2 is 0.906 bits per heavy atom. The molecule has 0 aromatic carbocycles. The first-order valence-electron chi connectivity index (χ1n) is 7.27. The van der Waals surface area contributed by atoms with Gasteiger partial charge in [-0.25, -0.2) is 15.0 Å². The molecule has 0 radical (unpaired) electrons. The number of hydrogen-bond acceptors (Lipinski definition) is 13. The molecule has 3 rings (SSSR count). The van der Waals surface area contributed by atoms with Crippen LogP contribution in [0, 0.1) is 20.8 Å². The fourth-order valence-electron chi connectivity index (χ4n) is 1.30. The summed E-state index contributed by atoms with van der Waals surface area (Å²) in [5.74, 6) is 0.227. The summed E-state index contributed by atoms with van der Waals surface area (Å²) in [7, 11) is 0. The lowest BCUT2D eigenvalue weighted by atomic mass is 10.5. The summed E-state index contributed by atoms with van der Waals surface area (Å²) in [5.41, 5.74) is 7.79. The van der Waals surface area contributed by atoms with E-state index in [1.165, 1.54) is 23.5 Å². The lowest BCUT2D eigenvalue weighted by Crippen LogP contribution is -1.97. The second kappa shape index (κ2) is 24.8. The van der Waals surface area contributed by atoms with Crippen LogP contribution in [0.15, 0.2) is 28.9 Å². The zero-order valence-electron chi connectivity index (χ0n) is 15.9. The van der Waals surface area contributed by atoms with E-state index in [2.05, 4.69) is 45.5 Å². The smallest absolute Gasteiger partial charge is 0.240 e. The average Bonchev–Trinajstić information content (AvgIpc) is 2.62. The largest absolute Gasteiger partial charge is 0.366 e. The Morgan fingerprint density at radius 3 is 1.09 bits per heavy atom. The van der Waals surface area contributed by atoms with Gasteiger partial charge in [0.25, 0.3) is 0 Å². The highest BCUT2D eigenvalue weighted by Crippen LogP contribution is 2.05. The average molecular weight is 490 g/mol. The van der Waals surface area contributed by atoms with Crippen LogP contribution in [0.2, 0.25) is 0 Å². The molecule has 186 valence electrons. The van der Waals surface area contributed by atoms with Crippen LogP contribution in [0.5, 0.6) is 0 Å². The topological polar surface area (TPSA) is 177 Å². The molecule has 32 heavy (non-hydrogen) atoms. The van der Waals surface area contributed by atoms with Crippen LogP contribution in [0.4, 0.5) is 5.95 Å². The Balaban J connectivity index is -0.0000000725. The van der Waals surface area contributed by atoms with Crippen molar-refractivity contribution in [3.05, 3.63) is 35.7 Å². The van der Waals surface area contributed by atoms with Crippen molar-refractivity contribution in [2.24, 2.45) is 0 Å². The van der Waals surface area contributed by atoms with Crippen LogP contribution in [0.3, 0.4) is 0 Å². The van der Waals surface area contributed by atoms with Crippen LogP contribution >= 0.6 is 23.5 Å². The molecule has 0 atom stereocenters. The molecule has 3 heterocycles. The number of nitrogen functional groups attached to an aromatic ring is 1. The number of nitrogens with zero attached hydrogens (tertiary/aromatic N) is 9. The van der Waals surface area contributed by atoms with Crippen molar-refractivity contribution in [1.29, 1.82) is 0 Å². The van der Waals surface area contributed by atoms with Crippen LogP contribution in [0.25, 0.3) is 0 Å². The van der Waals surface area contributed by atoms with E-state index in [4.69, 9.17) is 5.73 Å². The highest BCUT2D eigenvalue weighted by molar-refractivity contribution is 7.98. The molecule has 0 aliphatic rings. The molecule has 3 aromatic rings. The molecule has 0 unspecified atom stereocenters. The normalized spacial score (nSPS) is 7.66. The minimum atomic E-state index is 0. The van der Waals surface area contributed by atoms with Crippen molar-refractivity contribution >= 4 is 29.5 Å². The Morgan fingerprint density at radius 1 is 0.594 bits per heavy atom. The monoisotopic (exact) mass is 489 g/mol. The molecule has 13 heteroatoms. The molecule has 0 saturated carbocycles. The van der Waals surface area contributed by atoms with Gasteiger partial charge in [0.2, 0.25) is 16.3 Å². The summed E-state index contributed by atoms with van der Waals surface area (Å²) >= 11 is 3.00. The number of aryl methyl sites for hydroxylation is 3. The molecule has 5 N–H and O–H groups in total. The van der Waals surface area contributed by atoms with Crippen LogP contribution < -0.4 is 11.9 Å². The Bertz CT molecular complexity index is 745. The van der Waals surface area contributed by atoms with Gasteiger partial charge in [0.1, 0.15) is 0 Å². The van der Waals surface area contributed by atoms with Crippen molar-refractivity contribution < 1.29 is 0 Å². The number of rotatable bonds is 2. The van der Waals surface area contributed by atoms with Crippen LogP contribution in [-0.2, 0) is 0 Å². The minimum absolute atomic E-state index is 0. The summed E-state index contributed by atoms with van der Waals surface area (Å²) in [5, 5.41) is 23.4. The Labute approximate surface area is 203 Å². The summed E-state index contributed by atoms with van der Waals surface area (Å²) in [6.07, 6.45) is 8.68. The number of thioether (sulfide) groups is 2. The fraction of sp³-hybridized carbons (Fsp3) is 0.526. The summed E-state index contributed by atoms with van der Waals surface area (Å²) in [6, 6.07) is 0. The molecule has 0 amide bonds. The molecule has 0 aliphatic heterocycles. The SMILES string of the molecule is C.C.C.C.C.CSc1nncc(C)n1.CSc1nncc(C)n1.Cc1cnnc(N)n1.N. The zero-order chi connectivity index (χ0) is 19.4. The van der Waals surface area contributed by atoms with E-state index in [-0.39, 0.29) is 49.2 Å². The van der Waals surface area contributed by atoms with Gasteiger partial charge in [0, 0.05) is 0 Å². The van der Waals surface area contributed by atoms with Crippen molar-refractivity contribution in [3.8, 4) is 0 Å². The van der Waals surface area contributed by atoms with E-state index >= 15 is 0 Å². The molecular weight excluding hydrogens is 446 g/mol. The molecule has 0 bridgehead atoms. The molecular formula is C19H43N11S2. The van der Waals surface area contributed by atoms with Gasteiger partial charge in [-0.1, -0.05) is 60.7 Å². The fourth-order valence-corrected chi connectivity index (χ4v) is 2.03. The summed E-state index contributed by atoms with van der Waals surface area (Å²) in [4.78, 5) is 11.9. The molecule has 0 saturated heterocycles. The van der Waals surface area contributed by atoms with Crippen molar-refractivity contribution in [3.63, 3.8) is 0 Å². The van der Waals surface area contributed by atoms with Crippen LogP contribution in [0.1, 0.15) is 54.2 Å². The standard InChI is InChI=1S/2C5H7N3S.C4H6N4.5CH4.H3N/c2*1-4-3-6-8-5(7-4)9-2;1-3-2-6-8-4(5)7-3;;;;;;/h2*3H,1-2H3;2H,1H3,(H2,5,7,8);5*1H4;1H3. The summed E-state index contributed by atoms with van der Waals surface area (Å²) < 4.78 is 0. The highest BCUT2D eigenvalue weighted by atomic mass is 32.2. The lowest BCUT2D eigenvalue weighted by Gasteiger charge is -1.91. The van der Waals surface area contributed by atoms with Gasteiger partial charge in [-0.15, -0.1) is 15.3 Å². The first-order valence-corrected chi connectivity index (χ1v) is 9.72. The third-order valence-electron chi connectivity index (χ3n) is 2.38. The highest BCUT2D eigenvalue weighted by Gasteiger charge is 1.92. The number of aromatic nitrogens is 9. The molecule has 0 spiro atoms. The van der Waals surface area contributed by atoms with Crippen LogP contribution in [-0.4, -0.2) is 58.1 Å². The van der Waals surface area contributed by atoms with E-state index in [9.17, 15) is 0 Å². The Kier molecular flexibility index (Phi) is 33.6. The third-order valence-corrected chi connectivity index (χ3v) is 3.46. The molecule has 11 nitrogen and oxygen atoms in total. The van der Waals surface area contributed by atoms with Gasteiger partial charge in [0.15, 0.2) is 0 Å². The quantitative estimate of drug-likeness (QED) is 0.464. The molecule has 0 aliphatic carbocycles. The first kappa shape index (κ1) is 43.4. The van der Waals surface area contributed by atoms with E-state index in [1.807, 2.05) is 33.3 Å². The zero-order valence-corrected chi connectivity index (χ0v) is 17.5. The predicted octanol–water partition coefficient (Wildman–Crippen LogP) is 4.91. The lowest BCUT2D eigenvalue weighted by molar-refractivity contribution is 0.817. The maximum atomic E-state index is 5.17. The van der Waals surface area contributed by atoms with Gasteiger partial charge in [-0.05, 0) is 33.3 Å². The number of anilines is 1. The van der Waals surface area contributed by atoms with Gasteiger partial charge in [-0.2, -0.15) is 15.3 Å². The molecule has 0 fully saturated rings. The second-order valence-electron chi connectivity index (χ2n) is 4.62. The van der Waals surface area contributed by atoms with E-state index < -0.39 is 0 Å². The van der Waals surface area contributed by atoms with Gasteiger partial charge in [0.05, 0.1) is 35.7 Å².